The number of ketones is 1. The van der Waals surface area contributed by atoms with E-state index < -0.39 is 0 Å². The first kappa shape index (κ1) is 9.71. The summed E-state index contributed by atoms with van der Waals surface area (Å²) in [6, 6.07) is 5.68. The zero-order chi connectivity index (χ0) is 10.8. The molecule has 0 atom stereocenters. The number of anilines is 1. The highest BCUT2D eigenvalue weighted by Gasteiger charge is 2.06. The summed E-state index contributed by atoms with van der Waals surface area (Å²) in [5.41, 5.74) is 2.52. The lowest BCUT2D eigenvalue weighted by atomic mass is 10.2. The molecule has 0 saturated carbocycles. The Balaban J connectivity index is 2.30. The minimum absolute atomic E-state index is 0.134. The summed E-state index contributed by atoms with van der Waals surface area (Å²) in [5.74, 6) is 0.134. The molecule has 4 nitrogen and oxygen atoms in total. The Kier molecular flexibility index (Phi) is 2.41. The molecule has 4 heteroatoms. The van der Waals surface area contributed by atoms with E-state index in [1.165, 1.54) is 6.39 Å². The number of nitrogens with zero attached hydrogens (tertiary/aromatic N) is 2. The molecule has 0 N–H and O–H groups in total. The van der Waals surface area contributed by atoms with Crippen LogP contribution in [0.4, 0.5) is 5.69 Å². The van der Waals surface area contributed by atoms with Crippen molar-refractivity contribution in [2.75, 3.05) is 18.5 Å². The molecule has 1 aromatic heterocycles. The van der Waals surface area contributed by atoms with E-state index in [1.807, 2.05) is 30.1 Å². The maximum Gasteiger partial charge on any atom is 0.181 e. The molecule has 0 spiro atoms. The Morgan fingerprint density at radius 2 is 2.33 bits per heavy atom. The van der Waals surface area contributed by atoms with Crippen LogP contribution in [0.2, 0.25) is 0 Å². The van der Waals surface area contributed by atoms with Gasteiger partial charge in [0.05, 0.1) is 6.54 Å². The van der Waals surface area contributed by atoms with Crippen LogP contribution in [0.3, 0.4) is 0 Å². The Morgan fingerprint density at radius 3 is 3.07 bits per heavy atom. The van der Waals surface area contributed by atoms with Gasteiger partial charge in [-0.1, -0.05) is 0 Å². The first-order chi connectivity index (χ1) is 7.16. The number of likely N-dealkylation sites (N-methyl/N-ethyl adjacent to an activating group) is 1. The van der Waals surface area contributed by atoms with E-state index in [0.29, 0.717) is 6.54 Å². The predicted octanol–water partition coefficient (Wildman–Crippen LogP) is 1.85. The normalized spacial score (nSPS) is 10.5. The van der Waals surface area contributed by atoms with Crippen molar-refractivity contribution in [1.29, 1.82) is 0 Å². The number of hydrogen-bond acceptors (Lipinski definition) is 4. The first-order valence-electron chi connectivity index (χ1n) is 4.70. The first-order valence-corrected chi connectivity index (χ1v) is 4.70. The summed E-state index contributed by atoms with van der Waals surface area (Å²) in [4.78, 5) is 16.9. The molecule has 0 aliphatic carbocycles. The third kappa shape index (κ3) is 1.98. The largest absolute Gasteiger partial charge is 0.443 e. The van der Waals surface area contributed by atoms with Crippen molar-refractivity contribution in [3.63, 3.8) is 0 Å². The zero-order valence-corrected chi connectivity index (χ0v) is 8.73. The van der Waals surface area contributed by atoms with Crippen LogP contribution in [0.5, 0.6) is 0 Å². The number of benzene rings is 1. The van der Waals surface area contributed by atoms with Crippen molar-refractivity contribution >= 4 is 22.6 Å². The third-order valence-electron chi connectivity index (χ3n) is 2.22. The van der Waals surface area contributed by atoms with Gasteiger partial charge in [-0.15, -0.1) is 0 Å². The summed E-state index contributed by atoms with van der Waals surface area (Å²) in [6.45, 7) is 1.98. The molecule has 0 radical (unpaired) electrons. The second-order valence-electron chi connectivity index (χ2n) is 3.56. The van der Waals surface area contributed by atoms with E-state index in [-0.39, 0.29) is 5.78 Å². The zero-order valence-electron chi connectivity index (χ0n) is 8.73. The van der Waals surface area contributed by atoms with E-state index in [4.69, 9.17) is 4.42 Å². The van der Waals surface area contributed by atoms with Gasteiger partial charge in [0, 0.05) is 18.8 Å². The quantitative estimate of drug-likeness (QED) is 0.765. The van der Waals surface area contributed by atoms with E-state index in [9.17, 15) is 4.79 Å². The van der Waals surface area contributed by atoms with Gasteiger partial charge in [0.1, 0.15) is 11.3 Å². The SMILES string of the molecule is CC(=O)CN(C)c1ccc2ncoc2c1. The highest BCUT2D eigenvalue weighted by molar-refractivity contribution is 5.82. The molecule has 2 aromatic rings. The van der Waals surface area contributed by atoms with Crippen molar-refractivity contribution < 1.29 is 9.21 Å². The Morgan fingerprint density at radius 1 is 1.53 bits per heavy atom. The maximum absolute atomic E-state index is 11.0. The number of fused-ring (bicyclic) bond motifs is 1. The second kappa shape index (κ2) is 3.73. The molecule has 78 valence electrons. The van der Waals surface area contributed by atoms with Gasteiger partial charge < -0.3 is 9.32 Å². The van der Waals surface area contributed by atoms with Crippen LogP contribution in [0, 0.1) is 0 Å². The van der Waals surface area contributed by atoms with Crippen LogP contribution >= 0.6 is 0 Å². The monoisotopic (exact) mass is 204 g/mol. The molecule has 0 bridgehead atoms. The van der Waals surface area contributed by atoms with Crippen LogP contribution in [0.1, 0.15) is 6.92 Å². The Labute approximate surface area is 87.5 Å². The average molecular weight is 204 g/mol. The van der Waals surface area contributed by atoms with Gasteiger partial charge in [-0.3, -0.25) is 4.79 Å². The minimum atomic E-state index is 0.134. The fraction of sp³-hybridized carbons (Fsp3) is 0.273. The molecule has 0 saturated heterocycles. The second-order valence-corrected chi connectivity index (χ2v) is 3.56. The van der Waals surface area contributed by atoms with Gasteiger partial charge in [-0.05, 0) is 19.1 Å². The van der Waals surface area contributed by atoms with Crippen molar-refractivity contribution in [2.24, 2.45) is 0 Å². The fourth-order valence-electron chi connectivity index (χ4n) is 1.51. The molecule has 1 heterocycles. The molecule has 1 aromatic carbocycles. The highest BCUT2D eigenvalue weighted by atomic mass is 16.3. The lowest BCUT2D eigenvalue weighted by Crippen LogP contribution is -2.23. The van der Waals surface area contributed by atoms with Gasteiger partial charge >= 0.3 is 0 Å². The fourth-order valence-corrected chi connectivity index (χ4v) is 1.51. The lowest BCUT2D eigenvalue weighted by Gasteiger charge is -2.16. The highest BCUT2D eigenvalue weighted by Crippen LogP contribution is 2.20. The molecule has 0 fully saturated rings. The Hall–Kier alpha value is -1.84. The number of rotatable bonds is 3. The average Bonchev–Trinajstić information content (AvgIpc) is 2.62. The van der Waals surface area contributed by atoms with E-state index in [1.54, 1.807) is 6.92 Å². The van der Waals surface area contributed by atoms with Gasteiger partial charge in [0.25, 0.3) is 0 Å². The maximum atomic E-state index is 11.0. The summed E-state index contributed by atoms with van der Waals surface area (Å²) < 4.78 is 5.19. The molecule has 0 aliphatic rings. The topological polar surface area (TPSA) is 46.3 Å². The number of carbonyl (C=O) groups excluding carboxylic acids is 1. The summed E-state index contributed by atoms with van der Waals surface area (Å²) >= 11 is 0. The van der Waals surface area contributed by atoms with Crippen LogP contribution in [-0.4, -0.2) is 24.4 Å². The van der Waals surface area contributed by atoms with Crippen LogP contribution in [0.15, 0.2) is 29.0 Å². The molecule has 0 aliphatic heterocycles. The molecular formula is C11H12N2O2. The van der Waals surface area contributed by atoms with Crippen LogP contribution in [0.25, 0.3) is 11.1 Å². The van der Waals surface area contributed by atoms with Crippen molar-refractivity contribution in [1.82, 2.24) is 4.98 Å². The molecular weight excluding hydrogens is 192 g/mol. The van der Waals surface area contributed by atoms with Gasteiger partial charge in [0.2, 0.25) is 0 Å². The van der Waals surface area contributed by atoms with Crippen LogP contribution < -0.4 is 4.90 Å². The summed E-state index contributed by atoms with van der Waals surface area (Å²) in [7, 11) is 1.87. The van der Waals surface area contributed by atoms with E-state index in [0.717, 1.165) is 16.8 Å². The molecule has 0 unspecified atom stereocenters. The van der Waals surface area contributed by atoms with Crippen molar-refractivity contribution in [3.05, 3.63) is 24.6 Å². The number of aromatic nitrogens is 1. The number of oxazole rings is 1. The van der Waals surface area contributed by atoms with Gasteiger partial charge in [0.15, 0.2) is 12.0 Å². The van der Waals surface area contributed by atoms with E-state index >= 15 is 0 Å². The van der Waals surface area contributed by atoms with Crippen molar-refractivity contribution in [2.45, 2.75) is 6.92 Å². The number of hydrogen-bond donors (Lipinski definition) is 0. The molecule has 2 rings (SSSR count). The summed E-state index contributed by atoms with van der Waals surface area (Å²) in [6.07, 6.45) is 1.42. The number of carbonyl (C=O) groups is 1. The van der Waals surface area contributed by atoms with Crippen LogP contribution in [-0.2, 0) is 4.79 Å². The minimum Gasteiger partial charge on any atom is -0.443 e. The Bertz CT molecular complexity index is 490. The van der Waals surface area contributed by atoms with Gasteiger partial charge in [-0.25, -0.2) is 4.98 Å². The van der Waals surface area contributed by atoms with E-state index in [2.05, 4.69) is 4.98 Å². The van der Waals surface area contributed by atoms with Crippen molar-refractivity contribution in [3.8, 4) is 0 Å². The molecule has 15 heavy (non-hydrogen) atoms. The predicted molar refractivity (Wildman–Crippen MR) is 58.0 cm³/mol. The summed E-state index contributed by atoms with van der Waals surface area (Å²) in [5, 5.41) is 0. The van der Waals surface area contributed by atoms with Gasteiger partial charge in [-0.2, -0.15) is 0 Å². The third-order valence-corrected chi connectivity index (χ3v) is 2.22. The standard InChI is InChI=1S/C11H12N2O2/c1-8(14)6-13(2)9-3-4-10-11(5-9)15-7-12-10/h3-5,7H,6H2,1-2H3. The molecule has 0 amide bonds. The lowest BCUT2D eigenvalue weighted by molar-refractivity contribution is -0.115. The smallest absolute Gasteiger partial charge is 0.181 e. The number of Topliss-reactive ketones (excluding diaryl/α,β-unsaturated/α-hetero) is 1.